The largest absolute Gasteiger partial charge is 0.369 e. The van der Waals surface area contributed by atoms with Gasteiger partial charge >= 0.3 is 0 Å². The van der Waals surface area contributed by atoms with Crippen molar-refractivity contribution in [2.45, 2.75) is 64.7 Å². The third-order valence-corrected chi connectivity index (χ3v) is 4.92. The molecule has 108 valence electrons. The molecule has 0 aromatic carbocycles. The highest BCUT2D eigenvalue weighted by Gasteiger charge is 2.48. The van der Waals surface area contributed by atoms with Crippen LogP contribution < -0.4 is 5.32 Å². The van der Waals surface area contributed by atoms with Gasteiger partial charge in [-0.05, 0) is 48.1 Å². The Bertz CT molecular complexity index is 439. The maximum absolute atomic E-state index is 6.22. The topological polar surface area (TPSA) is 34.2 Å². The number of aromatic nitrogens is 1. The zero-order chi connectivity index (χ0) is 14.3. The average Bonchev–Trinajstić information content (AvgIpc) is 2.76. The van der Waals surface area contributed by atoms with Crippen molar-refractivity contribution in [3.63, 3.8) is 0 Å². The van der Waals surface area contributed by atoms with E-state index in [1.807, 2.05) is 7.05 Å². The summed E-state index contributed by atoms with van der Waals surface area (Å²) in [5.41, 5.74) is 1.09. The number of hydrogen-bond acceptors (Lipinski definition) is 4. The number of rotatable bonds is 4. The highest BCUT2D eigenvalue weighted by atomic mass is 32.1. The molecule has 2 atom stereocenters. The fraction of sp³-hybridized carbons (Fsp3) is 0.800. The maximum atomic E-state index is 6.22. The van der Waals surface area contributed by atoms with Crippen LogP contribution in [0.1, 0.15) is 44.8 Å². The van der Waals surface area contributed by atoms with Gasteiger partial charge in [0.25, 0.3) is 0 Å². The monoisotopic (exact) mass is 282 g/mol. The summed E-state index contributed by atoms with van der Waals surface area (Å²) in [5, 5.41) is 6.80. The second-order valence-electron chi connectivity index (χ2n) is 6.73. The van der Waals surface area contributed by atoms with Gasteiger partial charge in [0.05, 0.1) is 21.9 Å². The van der Waals surface area contributed by atoms with Gasteiger partial charge in [-0.1, -0.05) is 0 Å². The molecule has 0 spiro atoms. The smallest absolute Gasteiger partial charge is 0.0897 e. The molecule has 0 saturated carbocycles. The van der Waals surface area contributed by atoms with Crippen LogP contribution in [0.25, 0.3) is 0 Å². The zero-order valence-electron chi connectivity index (χ0n) is 12.9. The molecule has 1 aromatic heterocycles. The van der Waals surface area contributed by atoms with Gasteiger partial charge in [-0.3, -0.25) is 0 Å². The minimum atomic E-state index is -0.0811. The summed E-state index contributed by atoms with van der Waals surface area (Å²) in [6, 6.07) is 0.415. The van der Waals surface area contributed by atoms with Crippen molar-refractivity contribution < 1.29 is 4.74 Å². The number of nitrogens with one attached hydrogen (secondary N) is 1. The molecular weight excluding hydrogens is 256 g/mol. The Labute approximate surface area is 120 Å². The molecule has 1 aromatic rings. The molecule has 2 unspecified atom stereocenters. The lowest BCUT2D eigenvalue weighted by Crippen LogP contribution is -2.44. The highest BCUT2D eigenvalue weighted by molar-refractivity contribution is 7.09. The lowest BCUT2D eigenvalue weighted by atomic mass is 9.80. The van der Waals surface area contributed by atoms with Gasteiger partial charge in [-0.15, -0.1) is 11.3 Å². The molecule has 4 heteroatoms. The first-order chi connectivity index (χ1) is 8.73. The van der Waals surface area contributed by atoms with E-state index < -0.39 is 0 Å². The van der Waals surface area contributed by atoms with Gasteiger partial charge in [-0.25, -0.2) is 4.98 Å². The van der Waals surface area contributed by atoms with Crippen LogP contribution in [0, 0.1) is 12.8 Å². The van der Waals surface area contributed by atoms with Crippen molar-refractivity contribution in [1.29, 1.82) is 0 Å². The van der Waals surface area contributed by atoms with E-state index in [1.54, 1.807) is 11.3 Å². The van der Waals surface area contributed by atoms with Crippen molar-refractivity contribution in [3.05, 3.63) is 16.1 Å². The van der Waals surface area contributed by atoms with Crippen LogP contribution in [-0.4, -0.2) is 29.3 Å². The number of ether oxygens (including phenoxy) is 1. The molecule has 0 aliphatic carbocycles. The van der Waals surface area contributed by atoms with Crippen LogP contribution in [-0.2, 0) is 11.2 Å². The van der Waals surface area contributed by atoms with E-state index in [2.05, 4.69) is 50.3 Å². The van der Waals surface area contributed by atoms with E-state index in [-0.39, 0.29) is 11.2 Å². The van der Waals surface area contributed by atoms with E-state index in [0.717, 1.165) is 17.8 Å². The summed E-state index contributed by atoms with van der Waals surface area (Å²) < 4.78 is 6.22. The summed E-state index contributed by atoms with van der Waals surface area (Å²) in [6.07, 6.45) is 2.07. The Hall–Kier alpha value is -0.450. The number of likely N-dealkylation sites (N-methyl/N-ethyl adjacent to an activating group) is 1. The van der Waals surface area contributed by atoms with Gasteiger partial charge in [0.1, 0.15) is 0 Å². The number of thiazole rings is 1. The molecule has 2 rings (SSSR count). The summed E-state index contributed by atoms with van der Waals surface area (Å²) >= 11 is 1.73. The van der Waals surface area contributed by atoms with Crippen molar-refractivity contribution in [2.75, 3.05) is 7.05 Å². The van der Waals surface area contributed by atoms with Gasteiger partial charge in [0, 0.05) is 23.8 Å². The molecule has 0 bridgehead atoms. The zero-order valence-corrected chi connectivity index (χ0v) is 13.7. The molecule has 1 fully saturated rings. The van der Waals surface area contributed by atoms with E-state index in [0.29, 0.717) is 12.0 Å². The van der Waals surface area contributed by atoms with Crippen LogP contribution in [0.3, 0.4) is 0 Å². The second-order valence-corrected chi connectivity index (χ2v) is 7.80. The van der Waals surface area contributed by atoms with E-state index in [4.69, 9.17) is 4.74 Å². The highest BCUT2D eigenvalue weighted by Crippen LogP contribution is 2.44. The first-order valence-corrected chi connectivity index (χ1v) is 7.90. The van der Waals surface area contributed by atoms with Gasteiger partial charge in [0.2, 0.25) is 0 Å². The third kappa shape index (κ3) is 3.36. The van der Waals surface area contributed by atoms with Crippen molar-refractivity contribution >= 4 is 11.3 Å². The molecule has 19 heavy (non-hydrogen) atoms. The quantitative estimate of drug-likeness (QED) is 0.921. The minimum absolute atomic E-state index is 0.0265. The Kier molecular flexibility index (Phi) is 4.05. The third-order valence-electron chi connectivity index (χ3n) is 4.10. The van der Waals surface area contributed by atoms with Gasteiger partial charge < -0.3 is 10.1 Å². The Morgan fingerprint density at radius 1 is 1.47 bits per heavy atom. The summed E-state index contributed by atoms with van der Waals surface area (Å²) in [5.74, 6) is 0.509. The number of nitrogens with zero attached hydrogens (tertiary/aromatic N) is 1. The average molecular weight is 282 g/mol. The number of aryl methyl sites for hydroxylation is 1. The van der Waals surface area contributed by atoms with Crippen molar-refractivity contribution in [3.8, 4) is 0 Å². The van der Waals surface area contributed by atoms with E-state index >= 15 is 0 Å². The Morgan fingerprint density at radius 3 is 2.58 bits per heavy atom. The first kappa shape index (κ1) is 14.9. The second kappa shape index (κ2) is 5.15. The Balaban J connectivity index is 2.13. The SMILES string of the molecule is CNC(Cc1csc(C)n1)C1CC(C)(C)OC1(C)C. The van der Waals surface area contributed by atoms with Crippen LogP contribution in [0.2, 0.25) is 0 Å². The van der Waals surface area contributed by atoms with Crippen molar-refractivity contribution in [1.82, 2.24) is 10.3 Å². The molecule has 3 nitrogen and oxygen atoms in total. The van der Waals surface area contributed by atoms with Gasteiger partial charge in [0.15, 0.2) is 0 Å². The van der Waals surface area contributed by atoms with Crippen LogP contribution in [0.15, 0.2) is 5.38 Å². The fourth-order valence-corrected chi connectivity index (χ4v) is 4.03. The number of hydrogen-bond donors (Lipinski definition) is 1. The molecular formula is C15H26N2OS. The predicted molar refractivity (Wildman–Crippen MR) is 80.8 cm³/mol. The Morgan fingerprint density at radius 2 is 2.16 bits per heavy atom. The normalized spacial score (nSPS) is 26.5. The fourth-order valence-electron chi connectivity index (χ4n) is 3.40. The molecule has 1 aliphatic heterocycles. The molecule has 1 saturated heterocycles. The molecule has 1 aliphatic rings. The van der Waals surface area contributed by atoms with Crippen LogP contribution >= 0.6 is 11.3 Å². The first-order valence-electron chi connectivity index (χ1n) is 7.02. The summed E-state index contributed by atoms with van der Waals surface area (Å²) in [7, 11) is 2.05. The molecule has 1 N–H and O–H groups in total. The van der Waals surface area contributed by atoms with Crippen molar-refractivity contribution in [2.24, 2.45) is 5.92 Å². The standard InChI is InChI=1S/C15H26N2OS/c1-10-17-11(9-19-10)7-13(16-6)12-8-14(2,3)18-15(12,4)5/h9,12-13,16H,7-8H2,1-6H3. The predicted octanol–water partition coefficient (Wildman–Crippen LogP) is 3.18. The van der Waals surface area contributed by atoms with E-state index in [9.17, 15) is 0 Å². The van der Waals surface area contributed by atoms with E-state index in [1.165, 1.54) is 5.69 Å². The molecule has 2 heterocycles. The van der Waals surface area contributed by atoms with Crippen LogP contribution in [0.5, 0.6) is 0 Å². The van der Waals surface area contributed by atoms with Crippen LogP contribution in [0.4, 0.5) is 0 Å². The maximum Gasteiger partial charge on any atom is 0.0897 e. The molecule has 0 radical (unpaired) electrons. The molecule has 0 amide bonds. The lowest BCUT2D eigenvalue weighted by Gasteiger charge is -2.32. The minimum Gasteiger partial charge on any atom is -0.369 e. The summed E-state index contributed by atoms with van der Waals surface area (Å²) in [4.78, 5) is 4.59. The van der Waals surface area contributed by atoms with Gasteiger partial charge in [-0.2, -0.15) is 0 Å². The summed E-state index contributed by atoms with van der Waals surface area (Å²) in [6.45, 7) is 10.9. The lowest BCUT2D eigenvalue weighted by molar-refractivity contribution is -0.0774.